The highest BCUT2D eigenvalue weighted by Crippen LogP contribution is 2.00. The zero-order valence-corrected chi connectivity index (χ0v) is 9.63. The van der Waals surface area contributed by atoms with Gasteiger partial charge in [0.2, 0.25) is 5.78 Å². The van der Waals surface area contributed by atoms with Crippen molar-refractivity contribution in [3.8, 4) is 12.3 Å². The molecule has 0 heterocycles. The number of Topliss-reactive ketones (excluding diaryl/α,β-unsaturated/α-hetero) is 1. The van der Waals surface area contributed by atoms with Crippen molar-refractivity contribution in [2.45, 2.75) is 12.6 Å². The van der Waals surface area contributed by atoms with Gasteiger partial charge in [-0.3, -0.25) is 4.79 Å². The minimum absolute atomic E-state index is 0.0784. The Morgan fingerprint density at radius 1 is 1.39 bits per heavy atom. The Morgan fingerprint density at radius 3 is 2.61 bits per heavy atom. The molecule has 0 aromatic heterocycles. The fourth-order valence-corrected chi connectivity index (χ4v) is 1.20. The minimum atomic E-state index is -1.13. The topological polar surface area (TPSA) is 75.6 Å². The van der Waals surface area contributed by atoms with Crippen molar-refractivity contribution in [3.63, 3.8) is 0 Å². The highest BCUT2D eigenvalue weighted by atomic mass is 16.5. The number of nitrogens with one attached hydrogen (secondary N) is 1. The number of rotatable bonds is 5. The molecule has 0 bridgehead atoms. The maximum Gasteiger partial charge on any atom is 0.408 e. The monoisotopic (exact) mass is 247 g/mol. The van der Waals surface area contributed by atoms with Crippen molar-refractivity contribution < 1.29 is 19.4 Å². The molecule has 0 spiro atoms. The van der Waals surface area contributed by atoms with E-state index in [1.54, 1.807) is 12.1 Å². The van der Waals surface area contributed by atoms with Crippen LogP contribution in [0, 0.1) is 12.3 Å². The first kappa shape index (κ1) is 13.7. The molecule has 0 aliphatic heterocycles. The van der Waals surface area contributed by atoms with Crippen LogP contribution < -0.4 is 5.32 Å². The van der Waals surface area contributed by atoms with E-state index < -0.39 is 24.5 Å². The maximum atomic E-state index is 11.3. The lowest BCUT2D eigenvalue weighted by Gasteiger charge is -2.12. The minimum Gasteiger partial charge on any atom is -0.445 e. The van der Waals surface area contributed by atoms with Gasteiger partial charge in [-0.05, 0) is 11.5 Å². The number of terminal acetylenes is 1. The molecule has 1 atom stereocenters. The van der Waals surface area contributed by atoms with Crippen molar-refractivity contribution in [2.75, 3.05) is 6.61 Å². The van der Waals surface area contributed by atoms with Gasteiger partial charge in [0.1, 0.15) is 12.6 Å². The summed E-state index contributed by atoms with van der Waals surface area (Å²) in [5.41, 5.74) is 0.816. The largest absolute Gasteiger partial charge is 0.445 e. The number of carbonyl (C=O) groups excluding carboxylic acids is 2. The first-order valence-corrected chi connectivity index (χ1v) is 5.26. The van der Waals surface area contributed by atoms with Gasteiger partial charge in [0.05, 0.1) is 6.61 Å². The van der Waals surface area contributed by atoms with E-state index >= 15 is 0 Å². The molecule has 1 rings (SSSR count). The number of ether oxygens (including phenoxy) is 1. The lowest BCUT2D eigenvalue weighted by molar-refractivity contribution is -0.116. The number of alkyl carbamates (subject to hydrolysis) is 1. The molecule has 1 aromatic carbocycles. The summed E-state index contributed by atoms with van der Waals surface area (Å²) in [6.45, 7) is -0.488. The number of hydrogen-bond acceptors (Lipinski definition) is 4. The molecule has 0 aliphatic rings. The lowest BCUT2D eigenvalue weighted by Crippen LogP contribution is -2.43. The predicted molar refractivity (Wildman–Crippen MR) is 64.5 cm³/mol. The van der Waals surface area contributed by atoms with E-state index in [1.165, 1.54) is 0 Å². The Bertz CT molecular complexity index is 450. The summed E-state index contributed by atoms with van der Waals surface area (Å²) in [6, 6.07) is 7.94. The van der Waals surface area contributed by atoms with E-state index in [-0.39, 0.29) is 6.61 Å². The van der Waals surface area contributed by atoms with Crippen LogP contribution in [0.15, 0.2) is 30.3 Å². The molecule has 0 saturated heterocycles. The predicted octanol–water partition coefficient (Wildman–Crippen LogP) is 0.476. The van der Waals surface area contributed by atoms with E-state index in [0.717, 1.165) is 5.56 Å². The summed E-state index contributed by atoms with van der Waals surface area (Å²) in [4.78, 5) is 22.4. The van der Waals surface area contributed by atoms with Crippen LogP contribution >= 0.6 is 0 Å². The van der Waals surface area contributed by atoms with Gasteiger partial charge in [-0.25, -0.2) is 4.79 Å². The summed E-state index contributed by atoms with van der Waals surface area (Å²) in [7, 11) is 0. The normalized spacial score (nSPS) is 11.1. The number of benzene rings is 1. The molecule has 0 fully saturated rings. The Hall–Kier alpha value is -2.32. The molecule has 0 radical (unpaired) electrons. The van der Waals surface area contributed by atoms with Gasteiger partial charge >= 0.3 is 6.09 Å². The number of ketones is 1. The van der Waals surface area contributed by atoms with E-state index in [0.29, 0.717) is 0 Å². The summed E-state index contributed by atoms with van der Waals surface area (Å²) >= 11 is 0. The molecular formula is C13H13NO4. The lowest BCUT2D eigenvalue weighted by atomic mass is 10.2. The van der Waals surface area contributed by atoms with Crippen LogP contribution in [0.1, 0.15) is 5.56 Å². The zero-order valence-electron chi connectivity index (χ0n) is 9.63. The molecule has 18 heavy (non-hydrogen) atoms. The SMILES string of the molecule is C#CC(=O)[C@H](CO)NC(=O)OCc1ccccc1. The van der Waals surface area contributed by atoms with Crippen molar-refractivity contribution in [1.82, 2.24) is 5.32 Å². The summed E-state index contributed by atoms with van der Waals surface area (Å²) in [5, 5.41) is 11.1. The van der Waals surface area contributed by atoms with Gasteiger partial charge < -0.3 is 15.2 Å². The Kier molecular flexibility index (Phi) is 5.42. The number of aliphatic hydroxyl groups is 1. The number of aliphatic hydroxyl groups excluding tert-OH is 1. The Labute approximate surface area is 105 Å². The molecule has 5 heteroatoms. The third-order valence-electron chi connectivity index (χ3n) is 2.15. The molecule has 1 amide bonds. The first-order chi connectivity index (χ1) is 8.67. The Balaban J connectivity index is 2.42. The van der Waals surface area contributed by atoms with Crippen molar-refractivity contribution in [2.24, 2.45) is 0 Å². The molecule has 0 aliphatic carbocycles. The number of hydrogen-bond donors (Lipinski definition) is 2. The summed E-state index contributed by atoms with van der Waals surface area (Å²) in [5.74, 6) is 1.13. The van der Waals surface area contributed by atoms with Gasteiger partial charge in [0, 0.05) is 0 Å². The van der Waals surface area contributed by atoms with Gasteiger partial charge in [-0.1, -0.05) is 30.3 Å². The molecule has 0 unspecified atom stereocenters. The summed E-state index contributed by atoms with van der Waals surface area (Å²) in [6.07, 6.45) is 4.08. The molecule has 5 nitrogen and oxygen atoms in total. The van der Waals surface area contributed by atoms with Crippen LogP contribution in [0.2, 0.25) is 0 Å². The Morgan fingerprint density at radius 2 is 2.06 bits per heavy atom. The van der Waals surface area contributed by atoms with Gasteiger partial charge in [-0.15, -0.1) is 6.42 Å². The molecule has 0 saturated carbocycles. The second-order valence-corrected chi connectivity index (χ2v) is 3.45. The van der Waals surface area contributed by atoms with Gasteiger partial charge in [0.15, 0.2) is 0 Å². The van der Waals surface area contributed by atoms with Crippen LogP contribution in [0.5, 0.6) is 0 Å². The van der Waals surface area contributed by atoms with E-state index in [2.05, 4.69) is 5.32 Å². The van der Waals surface area contributed by atoms with Crippen LogP contribution in [-0.4, -0.2) is 29.6 Å². The van der Waals surface area contributed by atoms with E-state index in [1.807, 2.05) is 24.1 Å². The van der Waals surface area contributed by atoms with Crippen molar-refractivity contribution in [3.05, 3.63) is 35.9 Å². The van der Waals surface area contributed by atoms with Crippen LogP contribution in [-0.2, 0) is 16.1 Å². The van der Waals surface area contributed by atoms with Crippen LogP contribution in [0.3, 0.4) is 0 Å². The quantitative estimate of drug-likeness (QED) is 0.586. The highest BCUT2D eigenvalue weighted by Gasteiger charge is 2.18. The average Bonchev–Trinajstić information content (AvgIpc) is 2.42. The fraction of sp³-hybridized carbons (Fsp3) is 0.231. The fourth-order valence-electron chi connectivity index (χ4n) is 1.20. The third kappa shape index (κ3) is 4.28. The van der Waals surface area contributed by atoms with Crippen LogP contribution in [0.25, 0.3) is 0 Å². The smallest absolute Gasteiger partial charge is 0.408 e. The molecular weight excluding hydrogens is 234 g/mol. The molecule has 2 N–H and O–H groups in total. The maximum absolute atomic E-state index is 11.3. The standard InChI is InChI=1S/C13H13NO4/c1-2-12(16)11(8-15)14-13(17)18-9-10-6-4-3-5-7-10/h1,3-7,11,15H,8-9H2,(H,14,17)/t11-/m0/s1. The van der Waals surface area contributed by atoms with Crippen molar-refractivity contribution >= 4 is 11.9 Å². The van der Waals surface area contributed by atoms with Gasteiger partial charge in [-0.2, -0.15) is 0 Å². The number of carbonyl (C=O) groups is 2. The average molecular weight is 247 g/mol. The van der Waals surface area contributed by atoms with E-state index in [4.69, 9.17) is 16.3 Å². The zero-order chi connectivity index (χ0) is 13.4. The first-order valence-electron chi connectivity index (χ1n) is 5.26. The summed E-state index contributed by atoms with van der Waals surface area (Å²) < 4.78 is 4.87. The number of amides is 1. The molecule has 1 aromatic rings. The highest BCUT2D eigenvalue weighted by molar-refractivity contribution is 6.00. The van der Waals surface area contributed by atoms with Crippen molar-refractivity contribution in [1.29, 1.82) is 0 Å². The van der Waals surface area contributed by atoms with Crippen LogP contribution in [0.4, 0.5) is 4.79 Å². The van der Waals surface area contributed by atoms with E-state index in [9.17, 15) is 9.59 Å². The molecule has 94 valence electrons. The van der Waals surface area contributed by atoms with Gasteiger partial charge in [0.25, 0.3) is 0 Å². The third-order valence-corrected chi connectivity index (χ3v) is 2.15. The second-order valence-electron chi connectivity index (χ2n) is 3.45. The second kappa shape index (κ2) is 7.09.